The monoisotopic (exact) mass is 297 g/mol. The number of rotatable bonds is 3. The lowest BCUT2D eigenvalue weighted by molar-refractivity contribution is 0.0623. The van der Waals surface area contributed by atoms with Crippen LogP contribution in [0.25, 0.3) is 0 Å². The van der Waals surface area contributed by atoms with Crippen molar-refractivity contribution in [1.29, 1.82) is 0 Å². The van der Waals surface area contributed by atoms with Crippen LogP contribution in [0.4, 0.5) is 0 Å². The van der Waals surface area contributed by atoms with Crippen LogP contribution in [0.1, 0.15) is 31.1 Å². The standard InChI is InChI=1S/C16H11NO5/c18-9-5-6-12(13(19)7-9)14(20)8-17-15(21)10-3-1-2-4-11(10)16(17)22/h1-7,18-19H,8H2. The van der Waals surface area contributed by atoms with Crippen molar-refractivity contribution in [2.24, 2.45) is 0 Å². The Morgan fingerprint density at radius 3 is 2.09 bits per heavy atom. The molecule has 0 unspecified atom stereocenters. The number of amides is 2. The summed E-state index contributed by atoms with van der Waals surface area (Å²) in [6, 6.07) is 9.84. The maximum Gasteiger partial charge on any atom is 0.261 e. The minimum Gasteiger partial charge on any atom is -0.508 e. The van der Waals surface area contributed by atoms with E-state index in [9.17, 15) is 24.6 Å². The fourth-order valence-corrected chi connectivity index (χ4v) is 2.37. The predicted molar refractivity (Wildman–Crippen MR) is 75.9 cm³/mol. The summed E-state index contributed by atoms with van der Waals surface area (Å²) in [6.45, 7) is -0.468. The molecule has 22 heavy (non-hydrogen) atoms. The zero-order valence-corrected chi connectivity index (χ0v) is 11.3. The highest BCUT2D eigenvalue weighted by molar-refractivity contribution is 6.23. The number of imide groups is 1. The zero-order valence-electron chi connectivity index (χ0n) is 11.3. The normalized spacial score (nSPS) is 13.4. The van der Waals surface area contributed by atoms with E-state index >= 15 is 0 Å². The number of fused-ring (bicyclic) bond motifs is 1. The largest absolute Gasteiger partial charge is 0.508 e. The third-order valence-electron chi connectivity index (χ3n) is 3.46. The molecule has 1 aliphatic heterocycles. The number of hydrogen-bond acceptors (Lipinski definition) is 5. The molecule has 0 aromatic heterocycles. The van der Waals surface area contributed by atoms with Crippen LogP contribution in [-0.4, -0.2) is 39.3 Å². The van der Waals surface area contributed by atoms with Crippen LogP contribution in [-0.2, 0) is 0 Å². The molecule has 2 aromatic rings. The van der Waals surface area contributed by atoms with Crippen LogP contribution >= 0.6 is 0 Å². The topological polar surface area (TPSA) is 94.9 Å². The highest BCUT2D eigenvalue weighted by atomic mass is 16.3. The van der Waals surface area contributed by atoms with Gasteiger partial charge >= 0.3 is 0 Å². The van der Waals surface area contributed by atoms with Gasteiger partial charge in [0.1, 0.15) is 11.5 Å². The van der Waals surface area contributed by atoms with Gasteiger partial charge in [0.05, 0.1) is 23.2 Å². The number of nitrogens with zero attached hydrogens (tertiary/aromatic N) is 1. The van der Waals surface area contributed by atoms with E-state index in [0.29, 0.717) is 0 Å². The first-order valence-corrected chi connectivity index (χ1v) is 6.49. The van der Waals surface area contributed by atoms with Crippen molar-refractivity contribution in [2.75, 3.05) is 6.54 Å². The Kier molecular flexibility index (Phi) is 3.14. The molecule has 0 aliphatic carbocycles. The Hall–Kier alpha value is -3.15. The van der Waals surface area contributed by atoms with Crippen LogP contribution in [0.5, 0.6) is 11.5 Å². The van der Waals surface area contributed by atoms with Crippen molar-refractivity contribution in [3.8, 4) is 11.5 Å². The number of Topliss-reactive ketones (excluding diaryl/α,β-unsaturated/α-hetero) is 1. The van der Waals surface area contributed by atoms with E-state index in [1.54, 1.807) is 12.1 Å². The van der Waals surface area contributed by atoms with Gasteiger partial charge in [0.15, 0.2) is 5.78 Å². The Balaban J connectivity index is 1.87. The summed E-state index contributed by atoms with van der Waals surface area (Å²) < 4.78 is 0. The van der Waals surface area contributed by atoms with E-state index in [2.05, 4.69) is 0 Å². The molecule has 0 atom stereocenters. The molecule has 1 heterocycles. The van der Waals surface area contributed by atoms with Gasteiger partial charge in [0.25, 0.3) is 11.8 Å². The number of carbonyl (C=O) groups excluding carboxylic acids is 3. The summed E-state index contributed by atoms with van der Waals surface area (Å²) in [4.78, 5) is 37.4. The van der Waals surface area contributed by atoms with Gasteiger partial charge in [-0.15, -0.1) is 0 Å². The number of ketones is 1. The summed E-state index contributed by atoms with van der Waals surface area (Å²) >= 11 is 0. The van der Waals surface area contributed by atoms with Gasteiger partial charge in [-0.1, -0.05) is 12.1 Å². The van der Waals surface area contributed by atoms with Crippen molar-refractivity contribution in [2.45, 2.75) is 0 Å². The molecule has 2 aromatic carbocycles. The minimum atomic E-state index is -0.591. The van der Waals surface area contributed by atoms with Crippen LogP contribution in [0.3, 0.4) is 0 Å². The van der Waals surface area contributed by atoms with Gasteiger partial charge < -0.3 is 10.2 Å². The minimum absolute atomic E-state index is 0.0608. The maximum absolute atomic E-state index is 12.2. The second kappa shape index (κ2) is 5.00. The lowest BCUT2D eigenvalue weighted by atomic mass is 10.1. The van der Waals surface area contributed by atoms with E-state index in [1.807, 2.05) is 0 Å². The van der Waals surface area contributed by atoms with Gasteiger partial charge in [-0.3, -0.25) is 19.3 Å². The molecule has 0 saturated carbocycles. The Labute approximate surface area is 125 Å². The Bertz CT molecular complexity index is 777. The second-order valence-corrected chi connectivity index (χ2v) is 4.87. The molecular formula is C16H11NO5. The molecule has 6 heteroatoms. The van der Waals surface area contributed by atoms with Crippen LogP contribution in [0.2, 0.25) is 0 Å². The average Bonchev–Trinajstić information content (AvgIpc) is 2.73. The van der Waals surface area contributed by atoms with Crippen molar-refractivity contribution in [3.63, 3.8) is 0 Å². The third kappa shape index (κ3) is 2.10. The first-order valence-electron chi connectivity index (χ1n) is 6.49. The lowest BCUT2D eigenvalue weighted by Gasteiger charge is -2.13. The lowest BCUT2D eigenvalue weighted by Crippen LogP contribution is -2.34. The van der Waals surface area contributed by atoms with Crippen molar-refractivity contribution in [1.82, 2.24) is 4.90 Å². The average molecular weight is 297 g/mol. The fourth-order valence-electron chi connectivity index (χ4n) is 2.37. The summed E-state index contributed by atoms with van der Waals surface area (Å²) in [6.07, 6.45) is 0. The molecule has 2 amide bonds. The molecular weight excluding hydrogens is 286 g/mol. The quantitative estimate of drug-likeness (QED) is 0.662. The highest BCUT2D eigenvalue weighted by Crippen LogP contribution is 2.26. The Morgan fingerprint density at radius 2 is 1.55 bits per heavy atom. The van der Waals surface area contributed by atoms with E-state index in [-0.39, 0.29) is 22.4 Å². The van der Waals surface area contributed by atoms with Gasteiger partial charge in [0, 0.05) is 6.07 Å². The number of hydrogen-bond donors (Lipinski definition) is 2. The molecule has 0 spiro atoms. The summed E-state index contributed by atoms with van der Waals surface area (Å²) in [5, 5.41) is 18.9. The number of carbonyl (C=O) groups is 3. The summed E-state index contributed by atoms with van der Waals surface area (Å²) in [7, 11) is 0. The van der Waals surface area contributed by atoms with E-state index in [4.69, 9.17) is 0 Å². The number of aromatic hydroxyl groups is 2. The molecule has 0 radical (unpaired) electrons. The van der Waals surface area contributed by atoms with Gasteiger partial charge in [-0.25, -0.2) is 0 Å². The van der Waals surface area contributed by atoms with Gasteiger partial charge in [-0.2, -0.15) is 0 Å². The molecule has 110 valence electrons. The first kappa shape index (κ1) is 13.8. The summed E-state index contributed by atoms with van der Waals surface area (Å²) in [5.41, 5.74) is 0.458. The number of benzene rings is 2. The fraction of sp³-hybridized carbons (Fsp3) is 0.0625. The number of phenols is 2. The molecule has 1 aliphatic rings. The SMILES string of the molecule is O=C(CN1C(=O)c2ccccc2C1=O)c1ccc(O)cc1O. The van der Waals surface area contributed by atoms with E-state index in [1.165, 1.54) is 24.3 Å². The van der Waals surface area contributed by atoms with Gasteiger partial charge in [-0.05, 0) is 24.3 Å². The maximum atomic E-state index is 12.2. The molecule has 0 fully saturated rings. The van der Waals surface area contributed by atoms with Crippen LogP contribution < -0.4 is 0 Å². The first-order chi connectivity index (χ1) is 10.5. The molecule has 3 rings (SSSR count). The van der Waals surface area contributed by atoms with E-state index in [0.717, 1.165) is 11.0 Å². The number of phenolic OH excluding ortho intramolecular Hbond substituents is 2. The van der Waals surface area contributed by atoms with Crippen molar-refractivity contribution >= 4 is 17.6 Å². The van der Waals surface area contributed by atoms with Crippen LogP contribution in [0.15, 0.2) is 42.5 Å². The van der Waals surface area contributed by atoms with Gasteiger partial charge in [0.2, 0.25) is 0 Å². The zero-order chi connectivity index (χ0) is 15.9. The van der Waals surface area contributed by atoms with E-state index < -0.39 is 29.9 Å². The van der Waals surface area contributed by atoms with Crippen LogP contribution in [0, 0.1) is 0 Å². The summed E-state index contributed by atoms with van der Waals surface area (Å²) in [5.74, 6) is -2.25. The van der Waals surface area contributed by atoms with Crippen molar-refractivity contribution in [3.05, 3.63) is 59.2 Å². The highest BCUT2D eigenvalue weighted by Gasteiger charge is 2.36. The third-order valence-corrected chi connectivity index (χ3v) is 3.46. The molecule has 2 N–H and O–H groups in total. The molecule has 0 saturated heterocycles. The molecule has 6 nitrogen and oxygen atoms in total. The smallest absolute Gasteiger partial charge is 0.261 e. The molecule has 0 bridgehead atoms. The predicted octanol–water partition coefficient (Wildman–Crippen LogP) is 1.58. The second-order valence-electron chi connectivity index (χ2n) is 4.87. The Morgan fingerprint density at radius 1 is 0.955 bits per heavy atom. The van der Waals surface area contributed by atoms with Crippen molar-refractivity contribution < 1.29 is 24.6 Å².